The Labute approximate surface area is 88.0 Å². The summed E-state index contributed by atoms with van der Waals surface area (Å²) < 4.78 is 9.63. The summed E-state index contributed by atoms with van der Waals surface area (Å²) in [7, 11) is 1.28. The van der Waals surface area contributed by atoms with Gasteiger partial charge in [-0.15, -0.1) is 0 Å². The summed E-state index contributed by atoms with van der Waals surface area (Å²) in [5.41, 5.74) is 0. The van der Waals surface area contributed by atoms with Crippen molar-refractivity contribution >= 4 is 5.97 Å². The molecule has 15 heavy (non-hydrogen) atoms. The van der Waals surface area contributed by atoms with Gasteiger partial charge in [0.1, 0.15) is 11.8 Å². The monoisotopic (exact) mass is 213 g/mol. The van der Waals surface area contributed by atoms with Gasteiger partial charge in [0.15, 0.2) is 0 Å². The van der Waals surface area contributed by atoms with E-state index in [0.29, 0.717) is 12.3 Å². The zero-order valence-corrected chi connectivity index (χ0v) is 8.77. The van der Waals surface area contributed by atoms with Crippen LogP contribution in [-0.4, -0.2) is 30.3 Å². The Morgan fingerprint density at radius 3 is 2.93 bits per heavy atom. The van der Waals surface area contributed by atoms with Gasteiger partial charge in [-0.25, -0.2) is 0 Å². The van der Waals surface area contributed by atoms with Crippen LogP contribution in [0.1, 0.15) is 12.7 Å². The Morgan fingerprint density at radius 1 is 1.73 bits per heavy atom. The first-order chi connectivity index (χ1) is 7.15. The van der Waals surface area contributed by atoms with Gasteiger partial charge in [-0.05, 0) is 19.1 Å². The Balaban J connectivity index is 2.49. The van der Waals surface area contributed by atoms with Crippen LogP contribution in [0.4, 0.5) is 0 Å². The molecule has 0 aromatic carbocycles. The summed E-state index contributed by atoms with van der Waals surface area (Å²) in [6.07, 6.45) is 0.736. The number of hydrogen-bond donors (Lipinski definition) is 2. The smallest absolute Gasteiger partial charge is 0.325 e. The van der Waals surface area contributed by atoms with Crippen molar-refractivity contribution < 1.29 is 19.1 Å². The maximum Gasteiger partial charge on any atom is 0.325 e. The molecular weight excluding hydrogens is 198 g/mol. The van der Waals surface area contributed by atoms with Crippen molar-refractivity contribution in [1.82, 2.24) is 5.32 Å². The van der Waals surface area contributed by atoms with Crippen molar-refractivity contribution in [2.45, 2.75) is 25.6 Å². The number of aliphatic hydroxyl groups is 1. The van der Waals surface area contributed by atoms with Crippen LogP contribution in [0.3, 0.4) is 0 Å². The van der Waals surface area contributed by atoms with E-state index < -0.39 is 18.1 Å². The Morgan fingerprint density at radius 2 is 2.47 bits per heavy atom. The average Bonchev–Trinajstić information content (AvgIpc) is 2.70. The highest BCUT2D eigenvalue weighted by molar-refractivity contribution is 5.76. The number of carbonyl (C=O) groups excluding carboxylic acids is 1. The molecule has 0 aliphatic heterocycles. The first-order valence-corrected chi connectivity index (χ1v) is 4.67. The van der Waals surface area contributed by atoms with Gasteiger partial charge < -0.3 is 14.3 Å². The molecule has 1 heterocycles. The molecule has 0 aliphatic rings. The molecule has 0 saturated heterocycles. The van der Waals surface area contributed by atoms with Crippen LogP contribution in [0.5, 0.6) is 0 Å². The quantitative estimate of drug-likeness (QED) is 0.688. The van der Waals surface area contributed by atoms with Crippen molar-refractivity contribution in [3.8, 4) is 0 Å². The van der Waals surface area contributed by atoms with E-state index in [9.17, 15) is 9.90 Å². The summed E-state index contributed by atoms with van der Waals surface area (Å²) in [6, 6.07) is 2.80. The van der Waals surface area contributed by atoms with Gasteiger partial charge in [-0.3, -0.25) is 10.1 Å². The maximum atomic E-state index is 11.2. The van der Waals surface area contributed by atoms with Crippen LogP contribution in [0.25, 0.3) is 0 Å². The van der Waals surface area contributed by atoms with E-state index in [4.69, 9.17) is 4.42 Å². The van der Waals surface area contributed by atoms with Gasteiger partial charge in [-0.1, -0.05) is 0 Å². The molecule has 0 unspecified atom stereocenters. The van der Waals surface area contributed by atoms with Crippen LogP contribution in [0.2, 0.25) is 0 Å². The van der Waals surface area contributed by atoms with Gasteiger partial charge in [0, 0.05) is 0 Å². The van der Waals surface area contributed by atoms with Crippen LogP contribution in [-0.2, 0) is 16.1 Å². The van der Waals surface area contributed by atoms with Crippen molar-refractivity contribution in [2.24, 2.45) is 0 Å². The maximum absolute atomic E-state index is 11.2. The molecule has 0 spiro atoms. The van der Waals surface area contributed by atoms with Crippen LogP contribution in [0, 0.1) is 0 Å². The molecule has 1 aromatic rings. The molecule has 2 N–H and O–H groups in total. The number of ether oxygens (including phenoxy) is 1. The molecule has 0 amide bonds. The first kappa shape index (κ1) is 11.7. The predicted molar refractivity (Wildman–Crippen MR) is 53.0 cm³/mol. The Kier molecular flexibility index (Phi) is 4.33. The van der Waals surface area contributed by atoms with E-state index in [1.807, 2.05) is 0 Å². The lowest BCUT2D eigenvalue weighted by atomic mass is 10.2. The molecule has 0 radical (unpaired) electrons. The van der Waals surface area contributed by atoms with Crippen molar-refractivity contribution in [2.75, 3.05) is 7.11 Å². The second-order valence-electron chi connectivity index (χ2n) is 3.20. The van der Waals surface area contributed by atoms with E-state index >= 15 is 0 Å². The summed E-state index contributed by atoms with van der Waals surface area (Å²) >= 11 is 0. The summed E-state index contributed by atoms with van der Waals surface area (Å²) in [5.74, 6) is 0.209. The summed E-state index contributed by atoms with van der Waals surface area (Å²) in [4.78, 5) is 11.2. The normalized spacial score (nSPS) is 14.6. The fourth-order valence-corrected chi connectivity index (χ4v) is 1.20. The lowest BCUT2D eigenvalue weighted by Gasteiger charge is -2.18. The number of aliphatic hydroxyl groups excluding tert-OH is 1. The third-order valence-electron chi connectivity index (χ3n) is 2.01. The van der Waals surface area contributed by atoms with Crippen LogP contribution in [0.15, 0.2) is 22.8 Å². The molecule has 1 rings (SSSR count). The number of methoxy groups -OCH3 is 1. The minimum atomic E-state index is -0.813. The minimum Gasteiger partial charge on any atom is -0.468 e. The molecule has 0 fully saturated rings. The Hall–Kier alpha value is -1.33. The lowest BCUT2D eigenvalue weighted by molar-refractivity contribution is -0.145. The van der Waals surface area contributed by atoms with Crippen LogP contribution < -0.4 is 5.32 Å². The van der Waals surface area contributed by atoms with Gasteiger partial charge in [0.25, 0.3) is 0 Å². The zero-order valence-electron chi connectivity index (χ0n) is 8.77. The highest BCUT2D eigenvalue weighted by Crippen LogP contribution is 2.02. The number of esters is 1. The van der Waals surface area contributed by atoms with E-state index in [1.165, 1.54) is 14.0 Å². The molecule has 0 bridgehead atoms. The van der Waals surface area contributed by atoms with Gasteiger partial charge >= 0.3 is 5.97 Å². The molecule has 0 aliphatic carbocycles. The number of hydrogen-bond acceptors (Lipinski definition) is 5. The molecule has 84 valence electrons. The van der Waals surface area contributed by atoms with E-state index in [2.05, 4.69) is 10.1 Å². The molecule has 0 saturated carbocycles. The van der Waals surface area contributed by atoms with Crippen molar-refractivity contribution in [1.29, 1.82) is 0 Å². The topological polar surface area (TPSA) is 71.7 Å². The second kappa shape index (κ2) is 5.53. The van der Waals surface area contributed by atoms with E-state index in [1.54, 1.807) is 18.4 Å². The third kappa shape index (κ3) is 3.38. The third-order valence-corrected chi connectivity index (χ3v) is 2.01. The standard InChI is InChI=1S/C10H15NO4/c1-7(12)9(10(13)14-2)11-6-8-4-3-5-15-8/h3-5,7,9,11-12H,6H2,1-2H3/t7-,9-/m0/s1. The molecular formula is C10H15NO4. The summed E-state index contributed by atoms with van der Waals surface area (Å²) in [6.45, 7) is 1.90. The fourth-order valence-electron chi connectivity index (χ4n) is 1.20. The minimum absolute atomic E-state index is 0.373. The fraction of sp³-hybridized carbons (Fsp3) is 0.500. The summed E-state index contributed by atoms with van der Waals surface area (Å²) in [5, 5.41) is 12.2. The number of rotatable bonds is 5. The molecule has 1 aromatic heterocycles. The largest absolute Gasteiger partial charge is 0.468 e. The van der Waals surface area contributed by atoms with Gasteiger partial charge in [-0.2, -0.15) is 0 Å². The van der Waals surface area contributed by atoms with E-state index in [-0.39, 0.29) is 0 Å². The predicted octanol–water partition coefficient (Wildman–Crippen LogP) is 0.292. The number of carbonyl (C=O) groups is 1. The van der Waals surface area contributed by atoms with E-state index in [0.717, 1.165) is 0 Å². The molecule has 5 nitrogen and oxygen atoms in total. The SMILES string of the molecule is COC(=O)[C@@H](NCc1ccco1)[C@H](C)O. The van der Waals surface area contributed by atoms with Crippen molar-refractivity contribution in [3.05, 3.63) is 24.2 Å². The first-order valence-electron chi connectivity index (χ1n) is 4.67. The van der Waals surface area contributed by atoms with Gasteiger partial charge in [0.05, 0.1) is 26.0 Å². The zero-order chi connectivity index (χ0) is 11.3. The lowest BCUT2D eigenvalue weighted by Crippen LogP contribution is -2.45. The highest BCUT2D eigenvalue weighted by Gasteiger charge is 2.23. The highest BCUT2D eigenvalue weighted by atomic mass is 16.5. The number of nitrogens with one attached hydrogen (secondary N) is 1. The molecule has 2 atom stereocenters. The number of furan rings is 1. The second-order valence-corrected chi connectivity index (χ2v) is 3.20. The Bertz CT molecular complexity index is 294. The average molecular weight is 213 g/mol. The molecule has 5 heteroatoms. The van der Waals surface area contributed by atoms with Crippen molar-refractivity contribution in [3.63, 3.8) is 0 Å². The van der Waals surface area contributed by atoms with Gasteiger partial charge in [0.2, 0.25) is 0 Å². The van der Waals surface area contributed by atoms with Crippen LogP contribution >= 0.6 is 0 Å².